The van der Waals surface area contributed by atoms with Gasteiger partial charge in [-0.2, -0.15) is 0 Å². The molecule has 0 saturated carbocycles. The fourth-order valence-electron chi connectivity index (χ4n) is 2.05. The second-order valence-electron chi connectivity index (χ2n) is 5.63. The molecule has 1 aliphatic rings. The fourth-order valence-corrected chi connectivity index (χ4v) is 3.56. The normalized spacial score (nSPS) is 23.9. The summed E-state index contributed by atoms with van der Waals surface area (Å²) in [5.74, 6) is 0.692. The molecule has 0 amide bonds. The van der Waals surface area contributed by atoms with E-state index >= 15 is 0 Å². The van der Waals surface area contributed by atoms with Crippen molar-refractivity contribution >= 4 is 10.0 Å². The van der Waals surface area contributed by atoms with Crippen molar-refractivity contribution in [3.8, 4) is 0 Å². The number of hydrogen-bond donors (Lipinski definition) is 1. The molecule has 16 heavy (non-hydrogen) atoms. The molecule has 1 N–H and O–H groups in total. The van der Waals surface area contributed by atoms with Gasteiger partial charge in [0.1, 0.15) is 0 Å². The highest BCUT2D eigenvalue weighted by Gasteiger charge is 2.36. The summed E-state index contributed by atoms with van der Waals surface area (Å²) in [6.07, 6.45) is 0.988. The van der Waals surface area contributed by atoms with E-state index in [9.17, 15) is 8.42 Å². The molecule has 0 bridgehead atoms. The Morgan fingerprint density at radius 2 is 2.00 bits per heavy atom. The summed E-state index contributed by atoms with van der Waals surface area (Å²) >= 11 is 0. The Bertz CT molecular complexity index is 319. The molecule has 1 heterocycles. The molecule has 1 rings (SSSR count). The lowest BCUT2D eigenvalue weighted by Crippen LogP contribution is -2.35. The monoisotopic (exact) mass is 248 g/mol. The Kier molecular flexibility index (Phi) is 4.37. The number of hydrogen-bond acceptors (Lipinski definition) is 3. The zero-order chi connectivity index (χ0) is 12.4. The minimum absolute atomic E-state index is 0.202. The predicted molar refractivity (Wildman–Crippen MR) is 66.8 cm³/mol. The summed E-state index contributed by atoms with van der Waals surface area (Å²) in [6.45, 7) is 8.45. The van der Waals surface area contributed by atoms with Crippen LogP contribution >= 0.6 is 0 Å². The number of nitrogens with one attached hydrogen (secondary N) is 1. The van der Waals surface area contributed by atoms with Gasteiger partial charge >= 0.3 is 0 Å². The molecule has 0 aromatic rings. The van der Waals surface area contributed by atoms with Crippen LogP contribution in [0.2, 0.25) is 0 Å². The lowest BCUT2D eigenvalue weighted by Gasteiger charge is -2.26. The first-order valence-corrected chi connectivity index (χ1v) is 7.50. The van der Waals surface area contributed by atoms with Gasteiger partial charge in [-0.05, 0) is 24.8 Å². The van der Waals surface area contributed by atoms with E-state index in [2.05, 4.69) is 26.1 Å². The summed E-state index contributed by atoms with van der Waals surface area (Å²) in [7, 11) is -1.27. The Balaban J connectivity index is 2.59. The van der Waals surface area contributed by atoms with Crippen molar-refractivity contribution in [2.45, 2.75) is 27.2 Å². The smallest absolute Gasteiger partial charge is 0.215 e. The van der Waals surface area contributed by atoms with Gasteiger partial charge in [-0.1, -0.05) is 20.8 Å². The molecule has 0 radical (unpaired) electrons. The molecule has 4 nitrogen and oxygen atoms in total. The average Bonchev–Trinajstić information content (AvgIpc) is 2.63. The molecule has 0 spiro atoms. The summed E-state index contributed by atoms with van der Waals surface area (Å²) in [4.78, 5) is 0. The standard InChI is InChI=1S/C11H24N2O2S/c1-11(2,3)10-5-7-13(9-10)16(14,15)8-6-12-4/h10,12H,5-9H2,1-4H3. The van der Waals surface area contributed by atoms with E-state index in [1.165, 1.54) is 0 Å². The van der Waals surface area contributed by atoms with Gasteiger partial charge in [0, 0.05) is 19.6 Å². The van der Waals surface area contributed by atoms with Gasteiger partial charge < -0.3 is 5.32 Å². The fraction of sp³-hybridized carbons (Fsp3) is 1.00. The molecule has 0 aliphatic carbocycles. The van der Waals surface area contributed by atoms with E-state index in [1.807, 2.05) is 0 Å². The highest BCUT2D eigenvalue weighted by atomic mass is 32.2. The van der Waals surface area contributed by atoms with Gasteiger partial charge in [-0.3, -0.25) is 0 Å². The summed E-state index contributed by atoms with van der Waals surface area (Å²) in [5.41, 5.74) is 0.202. The zero-order valence-corrected chi connectivity index (χ0v) is 11.6. The molecule has 0 aromatic carbocycles. The lowest BCUT2D eigenvalue weighted by molar-refractivity contribution is 0.252. The number of rotatable bonds is 4. The number of sulfonamides is 1. The molecule has 0 aromatic heterocycles. The van der Waals surface area contributed by atoms with Gasteiger partial charge in [-0.15, -0.1) is 0 Å². The Labute approximate surface area is 99.5 Å². The van der Waals surface area contributed by atoms with E-state index < -0.39 is 10.0 Å². The van der Waals surface area contributed by atoms with Crippen LogP contribution in [0.3, 0.4) is 0 Å². The van der Waals surface area contributed by atoms with Crippen molar-refractivity contribution in [1.82, 2.24) is 9.62 Å². The topological polar surface area (TPSA) is 49.4 Å². The van der Waals surface area contributed by atoms with Crippen LogP contribution in [0.4, 0.5) is 0 Å². The van der Waals surface area contributed by atoms with Crippen molar-refractivity contribution in [3.05, 3.63) is 0 Å². The SMILES string of the molecule is CNCCS(=O)(=O)N1CCC(C(C)(C)C)C1. The van der Waals surface area contributed by atoms with E-state index in [1.54, 1.807) is 11.4 Å². The Morgan fingerprint density at radius 3 is 2.44 bits per heavy atom. The molecule has 96 valence electrons. The molecule has 5 heteroatoms. The van der Waals surface area contributed by atoms with Crippen molar-refractivity contribution in [2.24, 2.45) is 11.3 Å². The Morgan fingerprint density at radius 1 is 1.38 bits per heavy atom. The minimum atomic E-state index is -3.04. The first kappa shape index (κ1) is 13.9. The molecular formula is C11H24N2O2S. The van der Waals surface area contributed by atoms with Crippen LogP contribution in [0.1, 0.15) is 27.2 Å². The Hall–Kier alpha value is -0.130. The maximum absolute atomic E-state index is 12.0. The van der Waals surface area contributed by atoms with Crippen LogP contribution in [0.5, 0.6) is 0 Å². The summed E-state index contributed by atoms with van der Waals surface area (Å²) in [5, 5.41) is 2.88. The van der Waals surface area contributed by atoms with Gasteiger partial charge in [0.15, 0.2) is 0 Å². The summed E-state index contributed by atoms with van der Waals surface area (Å²) in [6, 6.07) is 0. The molecule has 1 aliphatic heterocycles. The van der Waals surface area contributed by atoms with Gasteiger partial charge in [0.25, 0.3) is 0 Å². The van der Waals surface area contributed by atoms with Crippen LogP contribution in [0.15, 0.2) is 0 Å². The lowest BCUT2D eigenvalue weighted by atomic mass is 9.80. The quantitative estimate of drug-likeness (QED) is 0.804. The van der Waals surface area contributed by atoms with Crippen molar-refractivity contribution < 1.29 is 8.42 Å². The molecular weight excluding hydrogens is 224 g/mol. The predicted octanol–water partition coefficient (Wildman–Crippen LogP) is 0.904. The van der Waals surface area contributed by atoms with Gasteiger partial charge in [0.2, 0.25) is 10.0 Å². The van der Waals surface area contributed by atoms with Crippen LogP contribution < -0.4 is 5.32 Å². The first-order chi connectivity index (χ1) is 7.27. The molecule has 1 unspecified atom stereocenters. The highest BCUT2D eigenvalue weighted by molar-refractivity contribution is 7.89. The third kappa shape index (κ3) is 3.43. The second kappa shape index (κ2) is 5.02. The largest absolute Gasteiger partial charge is 0.319 e. The third-order valence-electron chi connectivity index (χ3n) is 3.38. The highest BCUT2D eigenvalue weighted by Crippen LogP contribution is 2.34. The van der Waals surface area contributed by atoms with E-state index in [-0.39, 0.29) is 11.2 Å². The molecule has 1 fully saturated rings. The van der Waals surface area contributed by atoms with Gasteiger partial charge in [0.05, 0.1) is 5.75 Å². The minimum Gasteiger partial charge on any atom is -0.319 e. The van der Waals surface area contributed by atoms with Crippen LogP contribution in [0, 0.1) is 11.3 Å². The van der Waals surface area contributed by atoms with Crippen molar-refractivity contribution in [3.63, 3.8) is 0 Å². The second-order valence-corrected chi connectivity index (χ2v) is 7.72. The van der Waals surface area contributed by atoms with Crippen LogP contribution in [-0.2, 0) is 10.0 Å². The van der Waals surface area contributed by atoms with Crippen LogP contribution in [0.25, 0.3) is 0 Å². The van der Waals surface area contributed by atoms with Crippen molar-refractivity contribution in [2.75, 3.05) is 32.4 Å². The summed E-state index contributed by atoms with van der Waals surface area (Å²) < 4.78 is 25.6. The maximum atomic E-state index is 12.0. The van der Waals surface area contributed by atoms with Crippen LogP contribution in [-0.4, -0.2) is 45.2 Å². The van der Waals surface area contributed by atoms with E-state index in [4.69, 9.17) is 0 Å². The van der Waals surface area contributed by atoms with Crippen molar-refractivity contribution in [1.29, 1.82) is 0 Å². The average molecular weight is 248 g/mol. The maximum Gasteiger partial charge on any atom is 0.215 e. The zero-order valence-electron chi connectivity index (χ0n) is 10.8. The van der Waals surface area contributed by atoms with E-state index in [0.717, 1.165) is 6.42 Å². The molecule has 1 saturated heterocycles. The first-order valence-electron chi connectivity index (χ1n) is 5.90. The van der Waals surface area contributed by atoms with Gasteiger partial charge in [-0.25, -0.2) is 12.7 Å². The third-order valence-corrected chi connectivity index (χ3v) is 5.22. The molecule has 1 atom stereocenters. The van der Waals surface area contributed by atoms with E-state index in [0.29, 0.717) is 25.6 Å². The number of nitrogens with zero attached hydrogens (tertiary/aromatic N) is 1.